The minimum Gasteiger partial charge on any atom is -0.507 e. The Bertz CT molecular complexity index is 485. The van der Waals surface area contributed by atoms with Crippen molar-refractivity contribution >= 4 is 11.6 Å². The number of aromatic hydroxyl groups is 1. The topological polar surface area (TPSA) is 75.4 Å². The molecule has 1 aliphatic carbocycles. The zero-order chi connectivity index (χ0) is 14.0. The third-order valence-electron chi connectivity index (χ3n) is 3.98. The number of carbonyl (C=O) groups is 1. The number of amides is 1. The van der Waals surface area contributed by atoms with Crippen LogP contribution in [0.2, 0.25) is 0 Å². The summed E-state index contributed by atoms with van der Waals surface area (Å²) in [6.07, 6.45) is 3.67. The zero-order valence-corrected chi connectivity index (χ0v) is 11.6. The third kappa shape index (κ3) is 3.07. The van der Waals surface area contributed by atoms with Gasteiger partial charge in [0, 0.05) is 23.2 Å². The first-order valence-electron chi connectivity index (χ1n) is 6.84. The molecule has 1 amide bonds. The Labute approximate surface area is 114 Å². The number of anilines is 1. The number of nitrogens with two attached hydrogens (primary N) is 1. The van der Waals surface area contributed by atoms with Crippen molar-refractivity contribution in [2.45, 2.75) is 45.6 Å². The van der Waals surface area contributed by atoms with E-state index in [-0.39, 0.29) is 23.6 Å². The van der Waals surface area contributed by atoms with Crippen LogP contribution in [0, 0.1) is 19.8 Å². The van der Waals surface area contributed by atoms with Crippen molar-refractivity contribution in [2.75, 3.05) is 5.32 Å². The van der Waals surface area contributed by atoms with Crippen molar-refractivity contribution < 1.29 is 9.90 Å². The highest BCUT2D eigenvalue weighted by Crippen LogP contribution is 2.30. The van der Waals surface area contributed by atoms with Gasteiger partial charge in [-0.3, -0.25) is 4.79 Å². The molecule has 0 aromatic heterocycles. The summed E-state index contributed by atoms with van der Waals surface area (Å²) in [5, 5.41) is 12.8. The van der Waals surface area contributed by atoms with Gasteiger partial charge in [0.1, 0.15) is 5.75 Å². The number of rotatable bonds is 2. The highest BCUT2D eigenvalue weighted by molar-refractivity contribution is 5.93. The normalized spacial score (nSPS) is 23.1. The van der Waals surface area contributed by atoms with Gasteiger partial charge < -0.3 is 16.2 Å². The summed E-state index contributed by atoms with van der Waals surface area (Å²) >= 11 is 0. The molecule has 1 fully saturated rings. The molecule has 2 rings (SSSR count). The number of nitrogens with one attached hydrogen (secondary N) is 1. The fraction of sp³-hybridized carbons (Fsp3) is 0.533. The van der Waals surface area contributed by atoms with Crippen LogP contribution in [0.5, 0.6) is 5.75 Å². The summed E-state index contributed by atoms with van der Waals surface area (Å²) in [7, 11) is 0. The van der Waals surface area contributed by atoms with E-state index in [4.69, 9.17) is 5.73 Å². The first-order valence-corrected chi connectivity index (χ1v) is 6.84. The number of aryl methyl sites for hydroxylation is 1. The second kappa shape index (κ2) is 5.61. The number of hydrogen-bond donors (Lipinski definition) is 3. The lowest BCUT2D eigenvalue weighted by Gasteiger charge is -2.26. The molecule has 104 valence electrons. The largest absolute Gasteiger partial charge is 0.507 e. The predicted molar refractivity (Wildman–Crippen MR) is 76.1 cm³/mol. The number of benzene rings is 1. The van der Waals surface area contributed by atoms with Crippen LogP contribution >= 0.6 is 0 Å². The molecule has 19 heavy (non-hydrogen) atoms. The second-order valence-corrected chi connectivity index (χ2v) is 5.52. The fourth-order valence-electron chi connectivity index (χ4n) is 2.67. The average molecular weight is 262 g/mol. The molecule has 0 radical (unpaired) electrons. The lowest BCUT2D eigenvalue weighted by Crippen LogP contribution is -2.34. The van der Waals surface area contributed by atoms with Crippen molar-refractivity contribution in [3.8, 4) is 5.75 Å². The van der Waals surface area contributed by atoms with Crippen LogP contribution in [0.4, 0.5) is 5.69 Å². The molecule has 2 atom stereocenters. The van der Waals surface area contributed by atoms with Crippen LogP contribution in [0.25, 0.3) is 0 Å². The maximum Gasteiger partial charge on any atom is 0.227 e. The van der Waals surface area contributed by atoms with Crippen molar-refractivity contribution in [1.82, 2.24) is 0 Å². The van der Waals surface area contributed by atoms with Gasteiger partial charge in [-0.2, -0.15) is 0 Å². The van der Waals surface area contributed by atoms with Crippen molar-refractivity contribution in [3.05, 3.63) is 23.3 Å². The maximum atomic E-state index is 12.2. The molecule has 1 aromatic rings. The molecular weight excluding hydrogens is 240 g/mol. The summed E-state index contributed by atoms with van der Waals surface area (Å²) in [6, 6.07) is 3.78. The molecule has 1 aromatic carbocycles. The van der Waals surface area contributed by atoms with E-state index in [2.05, 4.69) is 5.32 Å². The molecule has 1 saturated carbocycles. The van der Waals surface area contributed by atoms with Crippen molar-refractivity contribution in [1.29, 1.82) is 0 Å². The van der Waals surface area contributed by atoms with E-state index in [1.165, 1.54) is 0 Å². The predicted octanol–water partition coefficient (Wildman–Crippen LogP) is 2.47. The first-order chi connectivity index (χ1) is 8.99. The SMILES string of the molecule is Cc1ccc(NC(=O)C2CCCC(N)C2)c(C)c1O. The van der Waals surface area contributed by atoms with Gasteiger partial charge in [0.15, 0.2) is 0 Å². The van der Waals surface area contributed by atoms with Gasteiger partial charge in [0.25, 0.3) is 0 Å². The van der Waals surface area contributed by atoms with E-state index >= 15 is 0 Å². The van der Waals surface area contributed by atoms with Gasteiger partial charge in [0.2, 0.25) is 5.91 Å². The number of phenols is 1. The van der Waals surface area contributed by atoms with E-state index < -0.39 is 0 Å². The lowest BCUT2D eigenvalue weighted by atomic mass is 9.85. The molecule has 1 aliphatic rings. The Balaban J connectivity index is 2.08. The van der Waals surface area contributed by atoms with Gasteiger partial charge in [0.05, 0.1) is 0 Å². The molecule has 4 N–H and O–H groups in total. The Morgan fingerprint density at radius 2 is 2.11 bits per heavy atom. The first kappa shape index (κ1) is 13.9. The number of carbonyl (C=O) groups excluding carboxylic acids is 1. The van der Waals surface area contributed by atoms with Gasteiger partial charge in [-0.25, -0.2) is 0 Å². The van der Waals surface area contributed by atoms with Crippen LogP contribution < -0.4 is 11.1 Å². The van der Waals surface area contributed by atoms with E-state index in [0.29, 0.717) is 11.3 Å². The van der Waals surface area contributed by atoms with Crippen LogP contribution in [0.15, 0.2) is 12.1 Å². The molecule has 0 aliphatic heterocycles. The third-order valence-corrected chi connectivity index (χ3v) is 3.98. The van der Waals surface area contributed by atoms with Crippen molar-refractivity contribution in [3.63, 3.8) is 0 Å². The Morgan fingerprint density at radius 3 is 2.79 bits per heavy atom. The Morgan fingerprint density at radius 1 is 1.37 bits per heavy atom. The highest BCUT2D eigenvalue weighted by atomic mass is 16.3. The van der Waals surface area contributed by atoms with Crippen LogP contribution in [-0.2, 0) is 4.79 Å². The quantitative estimate of drug-likeness (QED) is 0.766. The molecule has 4 nitrogen and oxygen atoms in total. The maximum absolute atomic E-state index is 12.2. The van der Waals surface area contributed by atoms with E-state index in [1.54, 1.807) is 0 Å². The van der Waals surface area contributed by atoms with Crippen molar-refractivity contribution in [2.24, 2.45) is 11.7 Å². The minimum absolute atomic E-state index is 0.00778. The molecule has 0 bridgehead atoms. The summed E-state index contributed by atoms with van der Waals surface area (Å²) in [5.74, 6) is 0.256. The minimum atomic E-state index is -0.00778. The average Bonchev–Trinajstić information content (AvgIpc) is 2.39. The van der Waals surface area contributed by atoms with E-state index in [1.807, 2.05) is 26.0 Å². The molecule has 0 spiro atoms. The number of hydrogen-bond acceptors (Lipinski definition) is 3. The zero-order valence-electron chi connectivity index (χ0n) is 11.6. The molecule has 0 heterocycles. The standard InChI is InChI=1S/C15H22N2O2/c1-9-6-7-13(10(2)14(9)18)17-15(19)11-4-3-5-12(16)8-11/h6-7,11-12,18H,3-5,8,16H2,1-2H3,(H,17,19). The van der Waals surface area contributed by atoms with Crippen LogP contribution in [-0.4, -0.2) is 17.1 Å². The molecule has 2 unspecified atom stereocenters. The van der Waals surface area contributed by atoms with E-state index in [9.17, 15) is 9.90 Å². The Kier molecular flexibility index (Phi) is 4.10. The highest BCUT2D eigenvalue weighted by Gasteiger charge is 2.25. The summed E-state index contributed by atoms with van der Waals surface area (Å²) in [5.41, 5.74) is 8.13. The van der Waals surface area contributed by atoms with Gasteiger partial charge in [-0.05, 0) is 44.7 Å². The smallest absolute Gasteiger partial charge is 0.227 e. The molecule has 0 saturated heterocycles. The summed E-state index contributed by atoms with van der Waals surface area (Å²) < 4.78 is 0. The Hall–Kier alpha value is -1.55. The summed E-state index contributed by atoms with van der Waals surface area (Å²) in [6.45, 7) is 3.65. The van der Waals surface area contributed by atoms with E-state index in [0.717, 1.165) is 31.2 Å². The molecule has 4 heteroatoms. The van der Waals surface area contributed by atoms with Gasteiger partial charge in [-0.1, -0.05) is 12.5 Å². The molecular formula is C15H22N2O2. The van der Waals surface area contributed by atoms with Gasteiger partial charge >= 0.3 is 0 Å². The number of phenolic OH excluding ortho intramolecular Hbond substituents is 1. The lowest BCUT2D eigenvalue weighted by molar-refractivity contribution is -0.120. The van der Waals surface area contributed by atoms with Crippen LogP contribution in [0.3, 0.4) is 0 Å². The fourth-order valence-corrected chi connectivity index (χ4v) is 2.67. The summed E-state index contributed by atoms with van der Waals surface area (Å²) in [4.78, 5) is 12.2. The van der Waals surface area contributed by atoms with Gasteiger partial charge in [-0.15, -0.1) is 0 Å². The second-order valence-electron chi connectivity index (χ2n) is 5.52. The van der Waals surface area contributed by atoms with Crippen LogP contribution in [0.1, 0.15) is 36.8 Å². The monoisotopic (exact) mass is 262 g/mol.